The van der Waals surface area contributed by atoms with Gasteiger partial charge in [0.05, 0.1) is 5.38 Å². The Bertz CT molecular complexity index is 615. The Morgan fingerprint density at radius 3 is 2.57 bits per heavy atom. The van der Waals surface area contributed by atoms with Crippen LogP contribution in [0.1, 0.15) is 69.1 Å². The molecule has 1 aliphatic carbocycles. The number of hydrogen-bond donors (Lipinski definition) is 0. The summed E-state index contributed by atoms with van der Waals surface area (Å²) in [6.45, 7) is 2.00. The highest BCUT2D eigenvalue weighted by Gasteiger charge is 2.23. The summed E-state index contributed by atoms with van der Waals surface area (Å²) in [5.74, 6) is 0.961. The zero-order valence-electron chi connectivity index (χ0n) is 12.4. The summed E-state index contributed by atoms with van der Waals surface area (Å²) in [6.07, 6.45) is 10.9. The highest BCUT2D eigenvalue weighted by molar-refractivity contribution is 9.10. The summed E-state index contributed by atoms with van der Waals surface area (Å²) in [5.41, 5.74) is 1.92. The van der Waals surface area contributed by atoms with Crippen LogP contribution in [0.4, 0.5) is 0 Å². The molecule has 0 N–H and O–H groups in total. The maximum absolute atomic E-state index is 6.39. The topological polar surface area (TPSA) is 30.7 Å². The van der Waals surface area contributed by atoms with Gasteiger partial charge >= 0.3 is 0 Å². The summed E-state index contributed by atoms with van der Waals surface area (Å²) in [4.78, 5) is 9.35. The second kappa shape index (κ2) is 6.66. The lowest BCUT2D eigenvalue weighted by molar-refractivity contribution is 0.369. The van der Waals surface area contributed by atoms with Gasteiger partial charge in [-0.2, -0.15) is 0 Å². The first kappa shape index (κ1) is 15.3. The van der Waals surface area contributed by atoms with Crippen LogP contribution in [0.5, 0.6) is 0 Å². The molecule has 0 spiro atoms. The van der Waals surface area contributed by atoms with Gasteiger partial charge in [-0.3, -0.25) is 0 Å². The van der Waals surface area contributed by atoms with E-state index < -0.39 is 0 Å². The highest BCUT2D eigenvalue weighted by Crippen LogP contribution is 2.34. The van der Waals surface area contributed by atoms with Crippen molar-refractivity contribution in [1.29, 1.82) is 0 Å². The van der Waals surface area contributed by atoms with Crippen LogP contribution in [-0.2, 0) is 0 Å². The molecule has 3 rings (SSSR count). The van der Waals surface area contributed by atoms with Crippen molar-refractivity contribution in [2.75, 3.05) is 0 Å². The number of halogens is 2. The molecule has 0 aromatic carbocycles. The zero-order valence-corrected chi connectivity index (χ0v) is 14.7. The van der Waals surface area contributed by atoms with Crippen molar-refractivity contribution in [1.82, 2.24) is 14.5 Å². The molecule has 0 aliphatic heterocycles. The molecule has 0 amide bonds. The van der Waals surface area contributed by atoms with Crippen molar-refractivity contribution in [2.45, 2.75) is 63.3 Å². The third-order valence-electron chi connectivity index (χ3n) is 4.32. The van der Waals surface area contributed by atoms with Crippen LogP contribution in [0.3, 0.4) is 0 Å². The molecule has 5 heteroatoms. The van der Waals surface area contributed by atoms with Gasteiger partial charge in [-0.25, -0.2) is 9.97 Å². The van der Waals surface area contributed by atoms with Gasteiger partial charge in [0.25, 0.3) is 0 Å². The van der Waals surface area contributed by atoms with Crippen molar-refractivity contribution < 1.29 is 0 Å². The van der Waals surface area contributed by atoms with Gasteiger partial charge in [-0.1, -0.05) is 32.1 Å². The third-order valence-corrected chi connectivity index (χ3v) is 4.95. The smallest absolute Gasteiger partial charge is 0.160 e. The lowest BCUT2D eigenvalue weighted by Gasteiger charge is -2.24. The molecule has 114 valence electrons. The van der Waals surface area contributed by atoms with E-state index in [-0.39, 0.29) is 5.38 Å². The largest absolute Gasteiger partial charge is 0.308 e. The zero-order chi connectivity index (χ0) is 14.8. The Labute approximate surface area is 139 Å². The van der Waals surface area contributed by atoms with Gasteiger partial charge in [0.15, 0.2) is 5.65 Å². The van der Waals surface area contributed by atoms with Crippen LogP contribution >= 0.6 is 27.5 Å². The van der Waals surface area contributed by atoms with E-state index in [1.165, 1.54) is 44.9 Å². The standard InChI is InChI=1S/C16H21BrClN3/c1-11(18)15-20-14-9-12(17)10-19-16(14)21(15)13-7-5-3-2-4-6-8-13/h9-11,13H,2-8H2,1H3. The minimum atomic E-state index is -0.0941. The lowest BCUT2D eigenvalue weighted by atomic mass is 9.96. The number of fused-ring (bicyclic) bond motifs is 1. The molecule has 0 radical (unpaired) electrons. The number of pyridine rings is 1. The van der Waals surface area contributed by atoms with E-state index in [9.17, 15) is 0 Å². The fourth-order valence-electron chi connectivity index (χ4n) is 3.31. The summed E-state index contributed by atoms with van der Waals surface area (Å²) >= 11 is 9.87. The van der Waals surface area contributed by atoms with Gasteiger partial charge in [0.1, 0.15) is 11.3 Å². The summed E-state index contributed by atoms with van der Waals surface area (Å²) < 4.78 is 3.27. The fourth-order valence-corrected chi connectivity index (χ4v) is 3.78. The number of rotatable bonds is 2. The molecule has 1 unspecified atom stereocenters. The number of alkyl halides is 1. The second-order valence-corrected chi connectivity index (χ2v) is 7.52. The van der Waals surface area contributed by atoms with E-state index in [0.29, 0.717) is 6.04 Å². The van der Waals surface area contributed by atoms with E-state index in [2.05, 4.69) is 25.5 Å². The summed E-state index contributed by atoms with van der Waals surface area (Å²) in [6, 6.07) is 2.52. The molecule has 0 saturated heterocycles. The first-order valence-electron chi connectivity index (χ1n) is 7.84. The van der Waals surface area contributed by atoms with Gasteiger partial charge in [0, 0.05) is 16.7 Å². The maximum Gasteiger partial charge on any atom is 0.160 e. The van der Waals surface area contributed by atoms with Crippen LogP contribution in [0, 0.1) is 0 Å². The second-order valence-electron chi connectivity index (χ2n) is 5.95. The Hall–Kier alpha value is -0.610. The van der Waals surface area contributed by atoms with Crippen LogP contribution in [0.15, 0.2) is 16.7 Å². The van der Waals surface area contributed by atoms with Crippen LogP contribution in [0.2, 0.25) is 0 Å². The van der Waals surface area contributed by atoms with Crippen molar-refractivity contribution >= 4 is 38.7 Å². The van der Waals surface area contributed by atoms with Gasteiger partial charge in [0.2, 0.25) is 0 Å². The van der Waals surface area contributed by atoms with Crippen LogP contribution in [-0.4, -0.2) is 14.5 Å². The molecule has 2 aromatic heterocycles. The SMILES string of the molecule is CC(Cl)c1nc2cc(Br)cnc2n1C1CCCCCCC1. The normalized spacial score (nSPS) is 19.4. The molecule has 2 heterocycles. The first-order valence-corrected chi connectivity index (χ1v) is 9.07. The van der Waals surface area contributed by atoms with Crippen molar-refractivity contribution in [3.63, 3.8) is 0 Å². The van der Waals surface area contributed by atoms with Gasteiger partial charge in [-0.05, 0) is 41.8 Å². The monoisotopic (exact) mass is 369 g/mol. The van der Waals surface area contributed by atoms with Crippen molar-refractivity contribution in [3.8, 4) is 0 Å². The number of hydrogen-bond acceptors (Lipinski definition) is 2. The quantitative estimate of drug-likeness (QED) is 0.627. The minimum Gasteiger partial charge on any atom is -0.308 e. The number of imidazole rings is 1. The van der Waals surface area contributed by atoms with Crippen molar-refractivity contribution in [3.05, 3.63) is 22.6 Å². The maximum atomic E-state index is 6.39. The average Bonchev–Trinajstić information content (AvgIpc) is 2.77. The van der Waals surface area contributed by atoms with E-state index in [1.54, 1.807) is 0 Å². The lowest BCUT2D eigenvalue weighted by Crippen LogP contribution is -2.15. The molecule has 0 bridgehead atoms. The first-order chi connectivity index (χ1) is 10.2. The Kier molecular flexibility index (Phi) is 4.85. The van der Waals surface area contributed by atoms with Crippen molar-refractivity contribution in [2.24, 2.45) is 0 Å². The minimum absolute atomic E-state index is 0.0941. The predicted molar refractivity (Wildman–Crippen MR) is 90.9 cm³/mol. The number of aromatic nitrogens is 3. The van der Waals surface area contributed by atoms with E-state index >= 15 is 0 Å². The van der Waals surface area contributed by atoms with Gasteiger partial charge in [-0.15, -0.1) is 11.6 Å². The molecule has 1 atom stereocenters. The third kappa shape index (κ3) is 3.26. The molecule has 2 aromatic rings. The predicted octanol–water partition coefficient (Wildman–Crippen LogP) is 5.78. The number of nitrogens with zero attached hydrogens (tertiary/aromatic N) is 3. The van der Waals surface area contributed by atoms with Crippen LogP contribution in [0.25, 0.3) is 11.2 Å². The molecular weight excluding hydrogens is 350 g/mol. The fraction of sp³-hybridized carbons (Fsp3) is 0.625. The molecular formula is C16H21BrClN3. The molecule has 3 nitrogen and oxygen atoms in total. The summed E-state index contributed by atoms with van der Waals surface area (Å²) in [5, 5.41) is -0.0941. The molecule has 1 saturated carbocycles. The highest BCUT2D eigenvalue weighted by atomic mass is 79.9. The van der Waals surface area contributed by atoms with E-state index in [1.807, 2.05) is 19.2 Å². The van der Waals surface area contributed by atoms with Gasteiger partial charge < -0.3 is 4.57 Å². The molecule has 21 heavy (non-hydrogen) atoms. The molecule has 1 fully saturated rings. The average molecular weight is 371 g/mol. The summed E-state index contributed by atoms with van der Waals surface area (Å²) in [7, 11) is 0. The Morgan fingerprint density at radius 1 is 1.24 bits per heavy atom. The van der Waals surface area contributed by atoms with E-state index in [0.717, 1.165) is 21.5 Å². The Balaban J connectivity index is 2.07. The Morgan fingerprint density at radius 2 is 1.90 bits per heavy atom. The molecule has 1 aliphatic rings. The van der Waals surface area contributed by atoms with E-state index in [4.69, 9.17) is 16.6 Å². The van der Waals surface area contributed by atoms with Crippen LogP contribution < -0.4 is 0 Å².